The molecule has 1 unspecified atom stereocenters. The van der Waals surface area contributed by atoms with Gasteiger partial charge in [-0.2, -0.15) is 4.39 Å². The molecule has 1 aromatic carbocycles. The molecule has 0 aliphatic heterocycles. The second kappa shape index (κ2) is 6.34. The van der Waals surface area contributed by atoms with Crippen LogP contribution >= 0.6 is 0 Å². The molecule has 2 rings (SSSR count). The van der Waals surface area contributed by atoms with Gasteiger partial charge in [-0.05, 0) is 32.4 Å². The Morgan fingerprint density at radius 2 is 2.09 bits per heavy atom. The van der Waals surface area contributed by atoms with Crippen LogP contribution in [0.3, 0.4) is 0 Å². The lowest BCUT2D eigenvalue weighted by molar-refractivity contribution is 0.572. The minimum absolute atomic E-state index is 0.0371. The summed E-state index contributed by atoms with van der Waals surface area (Å²) in [4.78, 5) is 12.7. The van der Waals surface area contributed by atoms with Crippen molar-refractivity contribution >= 4 is 22.5 Å². The molecule has 122 valence electrons. The topological polar surface area (TPSA) is 92.1 Å². The lowest BCUT2D eigenvalue weighted by atomic mass is 9.99. The lowest BCUT2D eigenvalue weighted by Gasteiger charge is -2.14. The molecule has 1 atom stereocenters. The molecular formula is C17H20FN3O2. The number of hydrogen-bond donors (Lipinski definition) is 3. The zero-order valence-corrected chi connectivity index (χ0v) is 13.6. The van der Waals surface area contributed by atoms with Crippen LogP contribution in [0.1, 0.15) is 35.4 Å². The van der Waals surface area contributed by atoms with Gasteiger partial charge in [0.25, 0.3) is 0 Å². The summed E-state index contributed by atoms with van der Waals surface area (Å²) in [6.07, 6.45) is 1.29. The molecule has 0 bridgehead atoms. The highest BCUT2D eigenvalue weighted by molar-refractivity contribution is 6.17. The van der Waals surface area contributed by atoms with Crippen LogP contribution in [-0.2, 0) is 0 Å². The fourth-order valence-electron chi connectivity index (χ4n) is 2.54. The highest BCUT2D eigenvalue weighted by Gasteiger charge is 2.20. The molecule has 0 spiro atoms. The summed E-state index contributed by atoms with van der Waals surface area (Å²) in [6, 6.07) is 3.22. The number of nitrogens with one attached hydrogen (secondary N) is 2. The molecule has 1 heterocycles. The van der Waals surface area contributed by atoms with Gasteiger partial charge in [-0.3, -0.25) is 10.2 Å². The van der Waals surface area contributed by atoms with Gasteiger partial charge in [0.2, 0.25) is 5.97 Å². The fourth-order valence-corrected chi connectivity index (χ4v) is 2.54. The van der Waals surface area contributed by atoms with Gasteiger partial charge in [0, 0.05) is 30.4 Å². The van der Waals surface area contributed by atoms with Crippen LogP contribution in [0.25, 0.3) is 16.5 Å². The Balaban J connectivity index is 2.95. The van der Waals surface area contributed by atoms with Crippen molar-refractivity contribution in [2.45, 2.75) is 26.8 Å². The molecule has 0 saturated carbocycles. The maximum atomic E-state index is 13.6. The van der Waals surface area contributed by atoms with Crippen LogP contribution in [0.5, 0.6) is 0 Å². The Hall–Kier alpha value is -2.47. The first-order valence-corrected chi connectivity index (χ1v) is 7.23. The van der Waals surface area contributed by atoms with Crippen LogP contribution in [0.4, 0.5) is 4.39 Å². The molecule has 0 saturated heterocycles. The number of nitrogens with two attached hydrogens (primary N) is 1. The first-order valence-electron chi connectivity index (χ1n) is 7.23. The van der Waals surface area contributed by atoms with Crippen molar-refractivity contribution < 1.29 is 8.81 Å². The van der Waals surface area contributed by atoms with Crippen LogP contribution in [-0.4, -0.2) is 13.0 Å². The van der Waals surface area contributed by atoms with E-state index in [1.54, 1.807) is 27.0 Å². The summed E-state index contributed by atoms with van der Waals surface area (Å²) < 4.78 is 19.4. The maximum Gasteiger partial charge on any atom is 0.218 e. The van der Waals surface area contributed by atoms with Crippen LogP contribution in [0.2, 0.25) is 0 Å². The molecule has 4 N–H and O–H groups in total. The fraction of sp³-hybridized carbons (Fsp3) is 0.294. The van der Waals surface area contributed by atoms with E-state index in [1.807, 2.05) is 13.0 Å². The Morgan fingerprint density at radius 1 is 1.43 bits per heavy atom. The van der Waals surface area contributed by atoms with Gasteiger partial charge in [-0.15, -0.1) is 0 Å². The first kappa shape index (κ1) is 16.9. The van der Waals surface area contributed by atoms with E-state index < -0.39 is 5.97 Å². The van der Waals surface area contributed by atoms with Gasteiger partial charge in [-0.1, -0.05) is 6.07 Å². The number of fused-ring (bicyclic) bond motifs is 1. The third kappa shape index (κ3) is 3.03. The molecular weight excluding hydrogens is 297 g/mol. The van der Waals surface area contributed by atoms with Gasteiger partial charge in [0.15, 0.2) is 5.43 Å². The van der Waals surface area contributed by atoms with E-state index in [-0.39, 0.29) is 28.4 Å². The Morgan fingerprint density at radius 3 is 2.61 bits per heavy atom. The van der Waals surface area contributed by atoms with Crippen molar-refractivity contribution in [2.24, 2.45) is 5.73 Å². The number of benzene rings is 1. The summed E-state index contributed by atoms with van der Waals surface area (Å²) in [5.41, 5.74) is 7.77. The van der Waals surface area contributed by atoms with Crippen molar-refractivity contribution in [3.8, 4) is 0 Å². The van der Waals surface area contributed by atoms with E-state index in [4.69, 9.17) is 15.6 Å². The molecule has 1 aromatic heterocycles. The van der Waals surface area contributed by atoms with Crippen LogP contribution in [0.15, 0.2) is 27.5 Å². The SMILES string of the molecule is CN/C=C(\C(=N)F)c1oc2c(C(C)N)cc(C)cc2c(=O)c1C. The second-order valence-corrected chi connectivity index (χ2v) is 5.57. The third-order valence-corrected chi connectivity index (χ3v) is 3.65. The monoisotopic (exact) mass is 317 g/mol. The van der Waals surface area contributed by atoms with Gasteiger partial charge in [-0.25, -0.2) is 0 Å². The Kier molecular flexibility index (Phi) is 4.65. The van der Waals surface area contributed by atoms with E-state index in [1.165, 1.54) is 6.20 Å². The van der Waals surface area contributed by atoms with E-state index in [9.17, 15) is 9.18 Å². The lowest BCUT2D eigenvalue weighted by Crippen LogP contribution is -2.14. The highest BCUT2D eigenvalue weighted by Crippen LogP contribution is 2.28. The van der Waals surface area contributed by atoms with E-state index >= 15 is 0 Å². The number of allylic oxidation sites excluding steroid dienone is 1. The number of halogens is 1. The molecule has 0 radical (unpaired) electrons. The van der Waals surface area contributed by atoms with Crippen LogP contribution in [0, 0.1) is 19.3 Å². The quantitative estimate of drug-likeness (QED) is 0.756. The van der Waals surface area contributed by atoms with Crippen molar-refractivity contribution in [1.82, 2.24) is 5.32 Å². The van der Waals surface area contributed by atoms with Gasteiger partial charge in [0.05, 0.1) is 11.0 Å². The third-order valence-electron chi connectivity index (χ3n) is 3.65. The van der Waals surface area contributed by atoms with E-state index in [2.05, 4.69) is 5.32 Å². The first-order chi connectivity index (χ1) is 10.8. The molecule has 0 fully saturated rings. The molecule has 0 aliphatic carbocycles. The summed E-state index contributed by atoms with van der Waals surface area (Å²) in [7, 11) is 1.58. The number of aryl methyl sites for hydroxylation is 1. The molecule has 6 heteroatoms. The highest BCUT2D eigenvalue weighted by atomic mass is 19.1. The average Bonchev–Trinajstić information content (AvgIpc) is 2.48. The molecule has 2 aromatic rings. The Bertz CT molecular complexity index is 866. The van der Waals surface area contributed by atoms with E-state index in [0.717, 1.165) is 5.56 Å². The number of hydrogen-bond acceptors (Lipinski definition) is 5. The van der Waals surface area contributed by atoms with Crippen molar-refractivity contribution in [1.29, 1.82) is 5.41 Å². The zero-order chi connectivity index (χ0) is 17.3. The zero-order valence-electron chi connectivity index (χ0n) is 13.6. The molecule has 0 amide bonds. The minimum Gasteiger partial charge on any atom is -0.455 e. The molecule has 23 heavy (non-hydrogen) atoms. The predicted molar refractivity (Wildman–Crippen MR) is 90.4 cm³/mol. The van der Waals surface area contributed by atoms with Crippen molar-refractivity contribution in [2.75, 3.05) is 7.05 Å². The normalized spacial score (nSPS) is 13.2. The summed E-state index contributed by atoms with van der Waals surface area (Å²) in [5.74, 6) is -1.14. The van der Waals surface area contributed by atoms with Crippen molar-refractivity contribution in [3.05, 3.63) is 51.0 Å². The van der Waals surface area contributed by atoms with Gasteiger partial charge >= 0.3 is 0 Å². The van der Waals surface area contributed by atoms with Gasteiger partial charge < -0.3 is 15.5 Å². The Labute approximate surface area is 133 Å². The standard InChI is InChI=1S/C17H20FN3O2/c1-8-5-11(10(3)19)16-12(6-8)14(22)9(2)15(23-16)13(7-21-4)17(18)20/h5-7,10,20-21H,19H2,1-4H3/b13-7-,20-17?. The minimum atomic E-state index is -1.18. The van der Waals surface area contributed by atoms with Crippen LogP contribution < -0.4 is 16.5 Å². The predicted octanol–water partition coefficient (Wildman–Crippen LogP) is 2.94. The summed E-state index contributed by atoms with van der Waals surface area (Å²) in [5, 5.41) is 10.3. The largest absolute Gasteiger partial charge is 0.455 e. The average molecular weight is 317 g/mol. The smallest absolute Gasteiger partial charge is 0.218 e. The summed E-state index contributed by atoms with van der Waals surface area (Å²) >= 11 is 0. The summed E-state index contributed by atoms with van der Waals surface area (Å²) in [6.45, 7) is 5.22. The van der Waals surface area contributed by atoms with E-state index in [0.29, 0.717) is 16.5 Å². The molecule has 0 aliphatic rings. The van der Waals surface area contributed by atoms with Crippen molar-refractivity contribution in [3.63, 3.8) is 0 Å². The van der Waals surface area contributed by atoms with Gasteiger partial charge in [0.1, 0.15) is 11.3 Å². The maximum absolute atomic E-state index is 13.6. The second-order valence-electron chi connectivity index (χ2n) is 5.57. The molecule has 5 nitrogen and oxygen atoms in total. The number of rotatable bonds is 4.